The van der Waals surface area contributed by atoms with Crippen LogP contribution >= 0.6 is 0 Å². The average Bonchev–Trinajstić information content (AvgIpc) is 3.35. The van der Waals surface area contributed by atoms with Gasteiger partial charge in [-0.1, -0.05) is 26.8 Å². The van der Waals surface area contributed by atoms with E-state index in [1.807, 2.05) is 13.8 Å². The number of carbonyl (C=O) groups is 2. The summed E-state index contributed by atoms with van der Waals surface area (Å²) in [5, 5.41) is 13.5. The highest BCUT2D eigenvalue weighted by Gasteiger charge is 2.37. The van der Waals surface area contributed by atoms with Gasteiger partial charge in [0.25, 0.3) is 5.91 Å². The summed E-state index contributed by atoms with van der Waals surface area (Å²) in [6, 6.07) is 5.97. The number of amides is 1. The molecule has 1 aromatic carbocycles. The Morgan fingerprint density at radius 2 is 2.04 bits per heavy atom. The van der Waals surface area contributed by atoms with Crippen molar-refractivity contribution in [2.75, 3.05) is 6.54 Å². The van der Waals surface area contributed by atoms with Gasteiger partial charge in [-0.25, -0.2) is 14.1 Å². The fourth-order valence-electron chi connectivity index (χ4n) is 2.87. The maximum atomic E-state index is 13.6. The molecule has 0 radical (unpaired) electrons. The highest BCUT2D eigenvalue weighted by molar-refractivity contribution is 5.91. The molecule has 2 aromatic rings. The molecular formula is C19H23FN4O3. The molecule has 1 aromatic heterocycles. The molecule has 1 N–H and O–H groups in total. The largest absolute Gasteiger partial charge is 0.481 e. The second-order valence-corrected chi connectivity index (χ2v) is 7.27. The lowest BCUT2D eigenvalue weighted by molar-refractivity contribution is -0.141. The van der Waals surface area contributed by atoms with E-state index in [2.05, 4.69) is 10.1 Å². The molecule has 0 saturated heterocycles. The van der Waals surface area contributed by atoms with Gasteiger partial charge in [-0.05, 0) is 31.0 Å². The summed E-state index contributed by atoms with van der Waals surface area (Å²) in [5.41, 5.74) is 0.488. The molecule has 1 heterocycles. The monoisotopic (exact) mass is 374 g/mol. The molecule has 0 spiro atoms. The van der Waals surface area contributed by atoms with Gasteiger partial charge >= 0.3 is 5.97 Å². The number of carbonyl (C=O) groups excluding carboxylic acids is 1. The maximum Gasteiger partial charge on any atom is 0.308 e. The van der Waals surface area contributed by atoms with Crippen molar-refractivity contribution in [3.05, 3.63) is 41.7 Å². The molecule has 27 heavy (non-hydrogen) atoms. The first-order valence-corrected chi connectivity index (χ1v) is 9.04. The predicted octanol–water partition coefficient (Wildman–Crippen LogP) is 2.86. The summed E-state index contributed by atoms with van der Waals surface area (Å²) >= 11 is 0. The molecule has 1 aliphatic rings. The Balaban J connectivity index is 1.94. The zero-order chi connectivity index (χ0) is 19.7. The maximum absolute atomic E-state index is 13.6. The van der Waals surface area contributed by atoms with Crippen LogP contribution in [0.15, 0.2) is 24.3 Å². The van der Waals surface area contributed by atoms with Gasteiger partial charge in [0.1, 0.15) is 11.6 Å². The summed E-state index contributed by atoms with van der Waals surface area (Å²) in [4.78, 5) is 30.1. The quantitative estimate of drug-likeness (QED) is 0.805. The smallest absolute Gasteiger partial charge is 0.308 e. The number of aliphatic carboxylic acids is 1. The third-order valence-corrected chi connectivity index (χ3v) is 4.53. The van der Waals surface area contributed by atoms with Gasteiger partial charge in [-0.3, -0.25) is 9.59 Å². The molecule has 1 fully saturated rings. The van der Waals surface area contributed by atoms with E-state index in [1.165, 1.54) is 16.8 Å². The van der Waals surface area contributed by atoms with Crippen LogP contribution in [-0.2, 0) is 4.79 Å². The SMILES string of the molecule is CC(CN(C(=O)c1nc(C(C)C)n(-c2cccc(F)c2)n1)C1CC1)C(=O)O. The Morgan fingerprint density at radius 3 is 2.59 bits per heavy atom. The third-order valence-electron chi connectivity index (χ3n) is 4.53. The van der Waals surface area contributed by atoms with Crippen LogP contribution in [0.5, 0.6) is 0 Å². The lowest BCUT2D eigenvalue weighted by Gasteiger charge is -2.22. The van der Waals surface area contributed by atoms with E-state index in [9.17, 15) is 19.1 Å². The average molecular weight is 374 g/mol. The number of hydrogen-bond donors (Lipinski definition) is 1. The molecule has 144 valence electrons. The highest BCUT2D eigenvalue weighted by atomic mass is 19.1. The van der Waals surface area contributed by atoms with Crippen molar-refractivity contribution in [2.24, 2.45) is 5.92 Å². The van der Waals surface area contributed by atoms with Crippen molar-refractivity contribution in [3.63, 3.8) is 0 Å². The molecule has 1 atom stereocenters. The molecule has 0 bridgehead atoms. The van der Waals surface area contributed by atoms with E-state index in [0.29, 0.717) is 11.5 Å². The number of halogens is 1. The lowest BCUT2D eigenvalue weighted by Crippen LogP contribution is -2.39. The lowest BCUT2D eigenvalue weighted by atomic mass is 10.1. The van der Waals surface area contributed by atoms with Gasteiger partial charge in [0.05, 0.1) is 11.6 Å². The number of carboxylic acids is 1. The van der Waals surface area contributed by atoms with Gasteiger partial charge < -0.3 is 10.0 Å². The van der Waals surface area contributed by atoms with Crippen LogP contribution in [0.4, 0.5) is 4.39 Å². The van der Waals surface area contributed by atoms with Crippen LogP contribution in [0, 0.1) is 11.7 Å². The number of aromatic nitrogens is 3. The van der Waals surface area contributed by atoms with E-state index in [1.54, 1.807) is 24.0 Å². The van der Waals surface area contributed by atoms with Crippen LogP contribution in [-0.4, -0.2) is 49.2 Å². The predicted molar refractivity (Wildman–Crippen MR) is 96.3 cm³/mol. The van der Waals surface area contributed by atoms with Crippen molar-refractivity contribution < 1.29 is 19.1 Å². The normalized spacial score (nSPS) is 15.0. The number of carboxylic acid groups (broad SMARTS) is 1. The second kappa shape index (κ2) is 7.46. The Labute approximate surface area is 156 Å². The first kappa shape index (κ1) is 19.0. The minimum absolute atomic E-state index is 0.00690. The number of nitrogens with zero attached hydrogens (tertiary/aromatic N) is 4. The molecular weight excluding hydrogens is 351 g/mol. The fraction of sp³-hybridized carbons (Fsp3) is 0.474. The van der Waals surface area contributed by atoms with Crippen LogP contribution in [0.2, 0.25) is 0 Å². The van der Waals surface area contributed by atoms with E-state index in [-0.39, 0.29) is 30.2 Å². The molecule has 3 rings (SSSR count). The highest BCUT2D eigenvalue weighted by Crippen LogP contribution is 2.29. The van der Waals surface area contributed by atoms with E-state index in [4.69, 9.17) is 0 Å². The summed E-state index contributed by atoms with van der Waals surface area (Å²) in [6.07, 6.45) is 1.69. The van der Waals surface area contributed by atoms with Gasteiger partial charge in [0.2, 0.25) is 5.82 Å². The fourth-order valence-corrected chi connectivity index (χ4v) is 2.87. The Hall–Kier alpha value is -2.77. The Kier molecular flexibility index (Phi) is 5.25. The number of benzene rings is 1. The van der Waals surface area contributed by atoms with Gasteiger partial charge in [0.15, 0.2) is 0 Å². The zero-order valence-corrected chi connectivity index (χ0v) is 15.6. The van der Waals surface area contributed by atoms with Crippen LogP contribution in [0.25, 0.3) is 5.69 Å². The number of rotatable bonds is 7. The summed E-state index contributed by atoms with van der Waals surface area (Å²) < 4.78 is 15.1. The third kappa shape index (κ3) is 4.15. The van der Waals surface area contributed by atoms with Gasteiger partial charge in [0, 0.05) is 18.5 Å². The number of hydrogen-bond acceptors (Lipinski definition) is 4. The van der Waals surface area contributed by atoms with E-state index in [0.717, 1.165) is 12.8 Å². The van der Waals surface area contributed by atoms with Crippen molar-refractivity contribution >= 4 is 11.9 Å². The molecule has 1 unspecified atom stereocenters. The minimum Gasteiger partial charge on any atom is -0.481 e. The van der Waals surface area contributed by atoms with Crippen LogP contribution < -0.4 is 0 Å². The van der Waals surface area contributed by atoms with Crippen molar-refractivity contribution in [1.29, 1.82) is 0 Å². The van der Waals surface area contributed by atoms with E-state index < -0.39 is 17.7 Å². The first-order valence-electron chi connectivity index (χ1n) is 9.04. The molecule has 1 saturated carbocycles. The van der Waals surface area contributed by atoms with Crippen molar-refractivity contribution in [3.8, 4) is 5.69 Å². The summed E-state index contributed by atoms with van der Waals surface area (Å²) in [5.74, 6) is -1.89. The molecule has 1 aliphatic carbocycles. The second-order valence-electron chi connectivity index (χ2n) is 7.27. The molecule has 7 nitrogen and oxygen atoms in total. The van der Waals surface area contributed by atoms with Crippen LogP contribution in [0.1, 0.15) is 56.0 Å². The summed E-state index contributed by atoms with van der Waals surface area (Å²) in [7, 11) is 0. The molecule has 0 aliphatic heterocycles. The van der Waals surface area contributed by atoms with Gasteiger partial charge in [-0.15, -0.1) is 5.10 Å². The Bertz CT molecular complexity index is 860. The van der Waals surface area contributed by atoms with Crippen molar-refractivity contribution in [1.82, 2.24) is 19.7 Å². The standard InChI is InChI=1S/C19H23FN4O3/c1-11(2)17-21-16(22-24(17)15-6-4-5-13(20)9-15)18(25)23(14-7-8-14)10-12(3)19(26)27/h4-6,9,11-12,14H,7-8,10H2,1-3H3,(H,26,27). The van der Waals surface area contributed by atoms with E-state index >= 15 is 0 Å². The molecule has 8 heteroatoms. The van der Waals surface area contributed by atoms with Crippen molar-refractivity contribution in [2.45, 2.75) is 45.6 Å². The summed E-state index contributed by atoms with van der Waals surface area (Å²) in [6.45, 7) is 5.52. The molecule has 1 amide bonds. The van der Waals surface area contributed by atoms with Gasteiger partial charge in [-0.2, -0.15) is 0 Å². The zero-order valence-electron chi connectivity index (χ0n) is 15.6. The minimum atomic E-state index is -0.949. The van der Waals surface area contributed by atoms with Crippen LogP contribution in [0.3, 0.4) is 0 Å². The topological polar surface area (TPSA) is 88.3 Å². The first-order chi connectivity index (χ1) is 12.8. The Morgan fingerprint density at radius 1 is 1.33 bits per heavy atom.